The molecule has 2 amide bonds. The molecule has 0 spiro atoms. The number of benzene rings is 2. The Kier molecular flexibility index (Phi) is 7.73. The number of amides is 2. The van der Waals surface area contributed by atoms with E-state index in [0.717, 1.165) is 0 Å². The second-order valence-corrected chi connectivity index (χ2v) is 9.11. The summed E-state index contributed by atoms with van der Waals surface area (Å²) in [6.07, 6.45) is 0.935. The Labute approximate surface area is 217 Å². The van der Waals surface area contributed by atoms with Gasteiger partial charge in [-0.1, -0.05) is 19.4 Å². The number of nitrogens with one attached hydrogen (secondary N) is 1. The van der Waals surface area contributed by atoms with E-state index in [-0.39, 0.29) is 12.5 Å². The first-order valence-corrected chi connectivity index (χ1v) is 12.6. The molecule has 2 saturated heterocycles. The number of fused-ring (bicyclic) bond motifs is 1. The first-order valence-electron chi connectivity index (χ1n) is 12.6. The molecule has 2 heterocycles. The van der Waals surface area contributed by atoms with Crippen molar-refractivity contribution in [1.29, 1.82) is 0 Å². The van der Waals surface area contributed by atoms with Crippen molar-refractivity contribution in [3.05, 3.63) is 48.0 Å². The highest BCUT2D eigenvalue weighted by atomic mass is 16.5. The molecule has 9 nitrogen and oxygen atoms in total. The highest BCUT2D eigenvalue weighted by Gasteiger charge is 2.68. The number of ether oxygens (including phenoxy) is 4. The minimum absolute atomic E-state index is 0.157. The lowest BCUT2D eigenvalue weighted by atomic mass is 9.77. The number of esters is 1. The minimum Gasteiger partial charge on any atom is -0.497 e. The van der Waals surface area contributed by atoms with Gasteiger partial charge in [0.15, 0.2) is 0 Å². The van der Waals surface area contributed by atoms with Crippen LogP contribution in [0.3, 0.4) is 0 Å². The fourth-order valence-corrected chi connectivity index (χ4v) is 5.63. The number of rotatable bonds is 10. The van der Waals surface area contributed by atoms with Crippen molar-refractivity contribution in [3.63, 3.8) is 0 Å². The summed E-state index contributed by atoms with van der Waals surface area (Å²) < 4.78 is 22.0. The minimum atomic E-state index is -1.36. The third-order valence-electron chi connectivity index (χ3n) is 7.12. The van der Waals surface area contributed by atoms with Crippen LogP contribution in [0, 0.1) is 11.8 Å². The summed E-state index contributed by atoms with van der Waals surface area (Å²) in [6, 6.07) is 11.4. The van der Waals surface area contributed by atoms with Crippen LogP contribution in [0.25, 0.3) is 0 Å². The molecule has 2 aromatic carbocycles. The van der Waals surface area contributed by atoms with Gasteiger partial charge in [-0.2, -0.15) is 0 Å². The van der Waals surface area contributed by atoms with Crippen molar-refractivity contribution in [3.8, 4) is 17.2 Å². The van der Waals surface area contributed by atoms with E-state index in [1.165, 1.54) is 12.0 Å². The molecule has 198 valence electrons. The summed E-state index contributed by atoms with van der Waals surface area (Å²) in [4.78, 5) is 42.7. The highest BCUT2D eigenvalue weighted by Crippen LogP contribution is 2.53. The summed E-state index contributed by atoms with van der Waals surface area (Å²) in [6.45, 7) is 6.20. The van der Waals surface area contributed by atoms with Crippen molar-refractivity contribution >= 4 is 23.5 Å². The van der Waals surface area contributed by atoms with Gasteiger partial charge < -0.3 is 18.9 Å². The lowest BCUT2D eigenvalue weighted by Crippen LogP contribution is -2.56. The van der Waals surface area contributed by atoms with Gasteiger partial charge in [0.05, 0.1) is 45.0 Å². The van der Waals surface area contributed by atoms with Gasteiger partial charge in [-0.3, -0.25) is 19.7 Å². The number of carbonyl (C=O) groups is 3. The van der Waals surface area contributed by atoms with Gasteiger partial charge in [0.1, 0.15) is 22.8 Å². The Hall–Kier alpha value is -3.59. The van der Waals surface area contributed by atoms with Crippen LogP contribution in [0.1, 0.15) is 45.2 Å². The predicted octanol–water partition coefficient (Wildman–Crippen LogP) is 3.65. The van der Waals surface area contributed by atoms with E-state index in [0.29, 0.717) is 47.9 Å². The first kappa shape index (κ1) is 26.5. The largest absolute Gasteiger partial charge is 0.497 e. The molecule has 4 rings (SSSR count). The summed E-state index contributed by atoms with van der Waals surface area (Å²) in [5.41, 5.74) is -0.268. The predicted molar refractivity (Wildman–Crippen MR) is 137 cm³/mol. The molecule has 2 aromatic rings. The lowest BCUT2D eigenvalue weighted by molar-refractivity contribution is -0.155. The number of anilines is 1. The molecule has 2 aliphatic heterocycles. The first-order chi connectivity index (χ1) is 17.9. The second-order valence-electron chi connectivity index (χ2n) is 9.11. The van der Waals surface area contributed by atoms with Crippen molar-refractivity contribution in [2.45, 2.75) is 45.2 Å². The molecule has 0 unspecified atom stereocenters. The zero-order valence-electron chi connectivity index (χ0n) is 21.9. The molecule has 2 fully saturated rings. The van der Waals surface area contributed by atoms with Crippen molar-refractivity contribution in [2.75, 3.05) is 32.3 Å². The number of carbonyl (C=O) groups excluding carboxylic acids is 3. The Balaban J connectivity index is 1.85. The third kappa shape index (κ3) is 4.41. The average molecular weight is 511 g/mol. The van der Waals surface area contributed by atoms with Crippen LogP contribution in [0.5, 0.6) is 17.2 Å². The van der Waals surface area contributed by atoms with Gasteiger partial charge in [-0.15, -0.1) is 0 Å². The number of hydrogen-bond acceptors (Lipinski definition) is 8. The van der Waals surface area contributed by atoms with E-state index in [2.05, 4.69) is 5.32 Å². The van der Waals surface area contributed by atoms with E-state index in [1.807, 2.05) is 13.8 Å². The maximum atomic E-state index is 14.0. The summed E-state index contributed by atoms with van der Waals surface area (Å²) in [5.74, 6) is -1.40. The Morgan fingerprint density at radius 2 is 1.65 bits per heavy atom. The van der Waals surface area contributed by atoms with Crippen molar-refractivity contribution in [1.82, 2.24) is 5.32 Å². The van der Waals surface area contributed by atoms with Crippen LogP contribution in [0.4, 0.5) is 5.69 Å². The van der Waals surface area contributed by atoms with Crippen LogP contribution in [-0.2, 0) is 19.1 Å². The van der Waals surface area contributed by atoms with Crippen LogP contribution >= 0.6 is 0 Å². The van der Waals surface area contributed by atoms with Gasteiger partial charge in [0, 0.05) is 17.7 Å². The topological polar surface area (TPSA) is 103 Å². The number of hydrogen-bond donors (Lipinski definition) is 1. The van der Waals surface area contributed by atoms with Gasteiger partial charge in [-0.25, -0.2) is 4.90 Å². The molecule has 9 heteroatoms. The average Bonchev–Trinajstić information content (AvgIpc) is 3.38. The third-order valence-corrected chi connectivity index (χ3v) is 7.12. The summed E-state index contributed by atoms with van der Waals surface area (Å²) >= 11 is 0. The zero-order chi connectivity index (χ0) is 26.7. The smallest absolute Gasteiger partial charge is 0.327 e. The maximum Gasteiger partial charge on any atom is 0.327 e. The molecule has 0 saturated carbocycles. The van der Waals surface area contributed by atoms with E-state index < -0.39 is 35.3 Å². The van der Waals surface area contributed by atoms with Crippen molar-refractivity contribution in [2.24, 2.45) is 11.8 Å². The molecule has 2 aliphatic rings. The number of nitrogens with zero attached hydrogens (tertiary/aromatic N) is 1. The monoisotopic (exact) mass is 510 g/mol. The standard InChI is InChI=1S/C28H34N2O7/c1-6-15-28(27(33)37-8-3)23-22(24(29-28)20-14-13-19(34-4)16-21(20)35-5)25(31)30(26(23)32)17-9-11-18(12-10-17)36-7-2/h9-14,16,22-24,29H,6-8,15H2,1-5H3/t22-,23-,24-,28+/m1/s1. The fourth-order valence-electron chi connectivity index (χ4n) is 5.63. The Morgan fingerprint density at radius 1 is 0.946 bits per heavy atom. The lowest BCUT2D eigenvalue weighted by Gasteiger charge is -2.32. The summed E-state index contributed by atoms with van der Waals surface area (Å²) in [5, 5.41) is 3.40. The van der Waals surface area contributed by atoms with Crippen LogP contribution in [0.15, 0.2) is 42.5 Å². The van der Waals surface area contributed by atoms with E-state index in [4.69, 9.17) is 18.9 Å². The van der Waals surface area contributed by atoms with Crippen LogP contribution in [0.2, 0.25) is 0 Å². The molecular weight excluding hydrogens is 476 g/mol. The molecule has 0 radical (unpaired) electrons. The van der Waals surface area contributed by atoms with Crippen LogP contribution in [-0.4, -0.2) is 50.8 Å². The Morgan fingerprint density at radius 3 is 2.24 bits per heavy atom. The molecule has 1 N–H and O–H groups in total. The molecule has 0 aromatic heterocycles. The highest BCUT2D eigenvalue weighted by molar-refractivity contribution is 6.24. The van der Waals surface area contributed by atoms with E-state index in [1.54, 1.807) is 56.5 Å². The van der Waals surface area contributed by atoms with Crippen molar-refractivity contribution < 1.29 is 33.3 Å². The van der Waals surface area contributed by atoms with Crippen LogP contribution < -0.4 is 24.4 Å². The second kappa shape index (κ2) is 10.8. The molecule has 0 aliphatic carbocycles. The maximum absolute atomic E-state index is 14.0. The molecule has 37 heavy (non-hydrogen) atoms. The quantitative estimate of drug-likeness (QED) is 0.382. The van der Waals surface area contributed by atoms with Gasteiger partial charge in [0.2, 0.25) is 11.8 Å². The SMILES string of the molecule is CCC[C@]1(C(=O)OCC)N[C@H](c2ccc(OC)cc2OC)[C@@H]2C(=O)N(c3ccc(OCC)cc3)C(=O)[C@@H]21. The zero-order valence-corrected chi connectivity index (χ0v) is 21.9. The normalized spacial score (nSPS) is 24.7. The Bertz CT molecular complexity index is 1170. The van der Waals surface area contributed by atoms with Gasteiger partial charge >= 0.3 is 5.97 Å². The number of methoxy groups -OCH3 is 2. The number of imide groups is 1. The fraction of sp³-hybridized carbons (Fsp3) is 0.464. The van der Waals surface area contributed by atoms with Gasteiger partial charge in [0.25, 0.3) is 0 Å². The molecular formula is C28H34N2O7. The van der Waals surface area contributed by atoms with Gasteiger partial charge in [-0.05, 0) is 50.6 Å². The molecule has 4 atom stereocenters. The summed E-state index contributed by atoms with van der Waals surface area (Å²) in [7, 11) is 3.09. The van der Waals surface area contributed by atoms with E-state index >= 15 is 0 Å². The molecule has 0 bridgehead atoms. The van der Waals surface area contributed by atoms with E-state index in [9.17, 15) is 14.4 Å².